The molecule has 0 bridgehead atoms. The van der Waals surface area contributed by atoms with Crippen LogP contribution in [0.25, 0.3) is 11.4 Å². The van der Waals surface area contributed by atoms with Gasteiger partial charge in [0.1, 0.15) is 5.82 Å². The average molecular weight is 443 g/mol. The van der Waals surface area contributed by atoms with Gasteiger partial charge < -0.3 is 9.80 Å². The molecule has 0 unspecified atom stereocenters. The van der Waals surface area contributed by atoms with E-state index >= 15 is 0 Å². The van der Waals surface area contributed by atoms with Gasteiger partial charge in [-0.1, -0.05) is 74.0 Å². The molecule has 5 heteroatoms. The predicted molar refractivity (Wildman–Crippen MR) is 135 cm³/mol. The number of piperazine rings is 1. The van der Waals surface area contributed by atoms with Crippen LogP contribution >= 0.6 is 0 Å². The van der Waals surface area contributed by atoms with Gasteiger partial charge in [0.15, 0.2) is 5.82 Å². The molecule has 0 aliphatic carbocycles. The van der Waals surface area contributed by atoms with E-state index in [0.717, 1.165) is 55.5 Å². The molecule has 33 heavy (non-hydrogen) atoms. The number of hydrogen-bond acceptors (Lipinski definition) is 4. The van der Waals surface area contributed by atoms with E-state index in [1.54, 1.807) is 0 Å². The fraction of sp³-hybridized carbons (Fsp3) is 0.393. The highest BCUT2D eigenvalue weighted by atomic mass is 16.2. The van der Waals surface area contributed by atoms with Crippen LogP contribution in [-0.4, -0.2) is 47.0 Å². The summed E-state index contributed by atoms with van der Waals surface area (Å²) in [6.45, 7) is 11.6. The van der Waals surface area contributed by atoms with Crippen LogP contribution in [0.4, 0.5) is 5.82 Å². The number of anilines is 1. The van der Waals surface area contributed by atoms with Crippen LogP contribution in [0.3, 0.4) is 0 Å². The van der Waals surface area contributed by atoms with Crippen LogP contribution in [-0.2, 0) is 11.2 Å². The van der Waals surface area contributed by atoms with Crippen molar-refractivity contribution in [3.63, 3.8) is 0 Å². The van der Waals surface area contributed by atoms with Crippen molar-refractivity contribution in [3.8, 4) is 11.4 Å². The van der Waals surface area contributed by atoms with Gasteiger partial charge in [0.25, 0.3) is 0 Å². The van der Waals surface area contributed by atoms with Crippen molar-refractivity contribution in [1.82, 2.24) is 14.9 Å². The third kappa shape index (κ3) is 5.41. The Morgan fingerprint density at radius 3 is 2.21 bits per heavy atom. The molecule has 172 valence electrons. The maximum atomic E-state index is 12.8. The fourth-order valence-corrected chi connectivity index (χ4v) is 4.54. The lowest BCUT2D eigenvalue weighted by atomic mass is 10.0. The molecule has 0 saturated carbocycles. The Balaban J connectivity index is 1.48. The van der Waals surface area contributed by atoms with Gasteiger partial charge in [0.05, 0.1) is 0 Å². The Kier molecular flexibility index (Phi) is 7.07. The van der Waals surface area contributed by atoms with Gasteiger partial charge in [-0.3, -0.25) is 4.79 Å². The van der Waals surface area contributed by atoms with Crippen molar-refractivity contribution >= 4 is 11.7 Å². The Hall–Kier alpha value is -3.21. The molecule has 0 spiro atoms. The summed E-state index contributed by atoms with van der Waals surface area (Å²) < 4.78 is 0. The lowest BCUT2D eigenvalue weighted by molar-refractivity contribution is -0.131. The van der Waals surface area contributed by atoms with Crippen molar-refractivity contribution in [2.45, 2.75) is 46.5 Å². The topological polar surface area (TPSA) is 49.3 Å². The summed E-state index contributed by atoms with van der Waals surface area (Å²) in [5.41, 5.74) is 5.71. The van der Waals surface area contributed by atoms with Crippen molar-refractivity contribution in [1.29, 1.82) is 0 Å². The van der Waals surface area contributed by atoms with Crippen LogP contribution in [0.15, 0.2) is 54.6 Å². The number of hydrogen-bond donors (Lipinski definition) is 0. The van der Waals surface area contributed by atoms with Gasteiger partial charge in [-0.15, -0.1) is 0 Å². The smallest absolute Gasteiger partial charge is 0.223 e. The molecule has 4 rings (SSSR count). The van der Waals surface area contributed by atoms with Crippen LogP contribution in [0, 0.1) is 13.8 Å². The maximum Gasteiger partial charge on any atom is 0.223 e. The third-order valence-corrected chi connectivity index (χ3v) is 6.41. The quantitative estimate of drug-likeness (QED) is 0.529. The van der Waals surface area contributed by atoms with Crippen molar-refractivity contribution in [2.24, 2.45) is 0 Å². The number of nitrogens with zero attached hydrogens (tertiary/aromatic N) is 4. The van der Waals surface area contributed by atoms with Crippen LogP contribution in [0.5, 0.6) is 0 Å². The fourth-order valence-electron chi connectivity index (χ4n) is 4.54. The molecular formula is C28H34N4O. The van der Waals surface area contributed by atoms with Gasteiger partial charge in [0.2, 0.25) is 5.91 Å². The zero-order valence-corrected chi connectivity index (χ0v) is 20.2. The first kappa shape index (κ1) is 23.0. The zero-order chi connectivity index (χ0) is 23.4. The summed E-state index contributed by atoms with van der Waals surface area (Å²) in [7, 11) is 0. The van der Waals surface area contributed by atoms with Gasteiger partial charge in [-0.2, -0.15) is 0 Å². The van der Waals surface area contributed by atoms with E-state index in [9.17, 15) is 4.79 Å². The molecule has 0 atom stereocenters. The number of rotatable bonds is 6. The lowest BCUT2D eigenvalue weighted by Crippen LogP contribution is -2.49. The van der Waals surface area contributed by atoms with Crippen molar-refractivity contribution in [3.05, 3.63) is 77.0 Å². The van der Waals surface area contributed by atoms with E-state index in [1.165, 1.54) is 16.7 Å². The first-order valence-electron chi connectivity index (χ1n) is 11.9. The monoisotopic (exact) mass is 442 g/mol. The molecule has 2 heterocycles. The summed E-state index contributed by atoms with van der Waals surface area (Å²) in [5.74, 6) is 2.36. The average Bonchev–Trinajstić information content (AvgIpc) is 2.83. The molecule has 3 aromatic rings. The Morgan fingerprint density at radius 2 is 1.58 bits per heavy atom. The van der Waals surface area contributed by atoms with Crippen molar-refractivity contribution in [2.75, 3.05) is 31.1 Å². The lowest BCUT2D eigenvalue weighted by Gasteiger charge is -2.37. The molecule has 1 aromatic heterocycles. The minimum atomic E-state index is 0.238. The van der Waals surface area contributed by atoms with E-state index in [4.69, 9.17) is 9.97 Å². The normalized spacial score (nSPS) is 14.1. The second-order valence-corrected chi connectivity index (χ2v) is 9.24. The number of carbonyl (C=O) groups excluding carboxylic acids is 1. The first-order valence-corrected chi connectivity index (χ1v) is 11.9. The molecule has 1 fully saturated rings. The van der Waals surface area contributed by atoms with E-state index in [0.29, 0.717) is 12.3 Å². The van der Waals surface area contributed by atoms with Gasteiger partial charge in [-0.05, 0) is 31.7 Å². The van der Waals surface area contributed by atoms with Crippen LogP contribution < -0.4 is 4.90 Å². The van der Waals surface area contributed by atoms with Crippen molar-refractivity contribution < 1.29 is 4.79 Å². The third-order valence-electron chi connectivity index (χ3n) is 6.41. The molecule has 5 nitrogen and oxygen atoms in total. The molecule has 1 aliphatic rings. The Labute approximate surface area is 197 Å². The van der Waals surface area contributed by atoms with E-state index < -0.39 is 0 Å². The zero-order valence-electron chi connectivity index (χ0n) is 20.2. The second-order valence-electron chi connectivity index (χ2n) is 9.24. The van der Waals surface area contributed by atoms with Gasteiger partial charge in [0, 0.05) is 49.4 Å². The molecule has 0 radical (unpaired) electrons. The van der Waals surface area contributed by atoms with Gasteiger partial charge in [-0.25, -0.2) is 9.97 Å². The van der Waals surface area contributed by atoms with E-state index in [-0.39, 0.29) is 5.91 Å². The highest BCUT2D eigenvalue weighted by Crippen LogP contribution is 2.31. The molecule has 1 saturated heterocycles. The van der Waals surface area contributed by atoms with E-state index in [2.05, 4.69) is 69.0 Å². The van der Waals surface area contributed by atoms with E-state index in [1.807, 2.05) is 23.1 Å². The van der Waals surface area contributed by atoms with Crippen LogP contribution in [0.1, 0.15) is 48.6 Å². The summed E-state index contributed by atoms with van der Waals surface area (Å²) in [4.78, 5) is 27.0. The Morgan fingerprint density at radius 1 is 0.909 bits per heavy atom. The molecule has 1 amide bonds. The predicted octanol–water partition coefficient (Wildman–Crippen LogP) is 5.17. The molecule has 0 N–H and O–H groups in total. The standard InChI is InChI=1S/C28H34N4O/c1-20(2)26-22(4)29-27(24-13-10-21(3)11-14-24)30-28(26)32-18-16-31(17-19-32)25(33)15-12-23-8-6-5-7-9-23/h5-11,13-14,20H,12,15-19H2,1-4H3. The maximum absolute atomic E-state index is 12.8. The number of aryl methyl sites for hydroxylation is 3. The highest BCUT2D eigenvalue weighted by molar-refractivity contribution is 5.77. The van der Waals surface area contributed by atoms with Crippen LogP contribution in [0.2, 0.25) is 0 Å². The summed E-state index contributed by atoms with van der Waals surface area (Å²) in [6, 6.07) is 18.6. The summed E-state index contributed by atoms with van der Waals surface area (Å²) in [5, 5.41) is 0. The number of amides is 1. The van der Waals surface area contributed by atoms with Gasteiger partial charge >= 0.3 is 0 Å². The first-order chi connectivity index (χ1) is 15.9. The number of aromatic nitrogens is 2. The molecule has 1 aliphatic heterocycles. The minimum Gasteiger partial charge on any atom is -0.353 e. The second kappa shape index (κ2) is 10.2. The molecule has 2 aromatic carbocycles. The number of carbonyl (C=O) groups is 1. The molecular weight excluding hydrogens is 408 g/mol. The summed E-state index contributed by atoms with van der Waals surface area (Å²) in [6.07, 6.45) is 1.36. The number of benzene rings is 2. The minimum absolute atomic E-state index is 0.238. The summed E-state index contributed by atoms with van der Waals surface area (Å²) >= 11 is 0. The Bertz CT molecular complexity index is 1080. The largest absolute Gasteiger partial charge is 0.353 e. The highest BCUT2D eigenvalue weighted by Gasteiger charge is 2.26. The SMILES string of the molecule is Cc1ccc(-c2nc(C)c(C(C)C)c(N3CCN(C(=O)CCc4ccccc4)CC3)n2)cc1.